The van der Waals surface area contributed by atoms with Crippen molar-refractivity contribution in [2.45, 2.75) is 59.3 Å². The van der Waals surface area contributed by atoms with E-state index < -0.39 is 5.41 Å². The highest BCUT2D eigenvalue weighted by Gasteiger charge is 2.62. The minimum absolute atomic E-state index is 0.0178. The third-order valence-corrected chi connectivity index (χ3v) is 8.45. The lowest BCUT2D eigenvalue weighted by Crippen LogP contribution is -2.59. The molecule has 3 saturated carbocycles. The summed E-state index contributed by atoms with van der Waals surface area (Å²) in [6.45, 7) is 7.31. The first-order valence-electron chi connectivity index (χ1n) is 11.3. The SMILES string of the molecule is CNCCOC(=O)C=C1CC[C@H]2[C@@H](C(=O)C[C@H]3[C@]2(C)CCC[C@]3(C)C(=O)OC)[C@H]1C. The minimum atomic E-state index is -0.598. The molecule has 0 amide bonds. The second-order valence-corrected chi connectivity index (χ2v) is 9.94. The van der Waals surface area contributed by atoms with Crippen LogP contribution in [0.5, 0.6) is 0 Å². The monoisotopic (exact) mass is 419 g/mol. The fourth-order valence-corrected chi connectivity index (χ4v) is 6.83. The molecule has 0 radical (unpaired) electrons. The van der Waals surface area contributed by atoms with Gasteiger partial charge in [-0.05, 0) is 62.8 Å². The highest BCUT2D eigenvalue weighted by molar-refractivity contribution is 5.87. The van der Waals surface area contributed by atoms with Gasteiger partial charge in [-0.25, -0.2) is 4.79 Å². The molecule has 3 fully saturated rings. The molecule has 0 aromatic carbocycles. The first-order valence-corrected chi connectivity index (χ1v) is 11.3. The van der Waals surface area contributed by atoms with Gasteiger partial charge in [-0.15, -0.1) is 0 Å². The number of rotatable bonds is 5. The number of fused-ring (bicyclic) bond motifs is 3. The van der Waals surface area contributed by atoms with Crippen LogP contribution < -0.4 is 5.32 Å². The van der Waals surface area contributed by atoms with Gasteiger partial charge < -0.3 is 14.8 Å². The van der Waals surface area contributed by atoms with E-state index in [1.54, 1.807) is 6.08 Å². The van der Waals surface area contributed by atoms with Gasteiger partial charge in [0.25, 0.3) is 0 Å². The molecule has 1 N–H and O–H groups in total. The van der Waals surface area contributed by atoms with Crippen molar-refractivity contribution in [1.29, 1.82) is 0 Å². The van der Waals surface area contributed by atoms with Crippen LogP contribution >= 0.6 is 0 Å². The molecule has 3 rings (SSSR count). The number of ether oxygens (including phenoxy) is 2. The third-order valence-electron chi connectivity index (χ3n) is 8.45. The van der Waals surface area contributed by atoms with E-state index >= 15 is 0 Å². The lowest BCUT2D eigenvalue weighted by atomic mass is 9.43. The topological polar surface area (TPSA) is 81.7 Å². The van der Waals surface area contributed by atoms with E-state index in [0.717, 1.165) is 37.7 Å². The summed E-state index contributed by atoms with van der Waals surface area (Å²) in [6, 6.07) is 0. The first kappa shape index (κ1) is 23.0. The van der Waals surface area contributed by atoms with E-state index in [9.17, 15) is 14.4 Å². The molecular formula is C24H37NO5. The van der Waals surface area contributed by atoms with Crippen LogP contribution in [0, 0.1) is 34.5 Å². The molecule has 0 aromatic rings. The van der Waals surface area contributed by atoms with Crippen LogP contribution in [-0.2, 0) is 23.9 Å². The van der Waals surface area contributed by atoms with Crippen molar-refractivity contribution in [2.24, 2.45) is 34.5 Å². The molecule has 30 heavy (non-hydrogen) atoms. The lowest BCUT2D eigenvalue weighted by Gasteiger charge is -2.60. The van der Waals surface area contributed by atoms with Gasteiger partial charge in [0.05, 0.1) is 12.5 Å². The maximum absolute atomic E-state index is 13.4. The average molecular weight is 420 g/mol. The van der Waals surface area contributed by atoms with Crippen molar-refractivity contribution >= 4 is 17.7 Å². The van der Waals surface area contributed by atoms with Gasteiger partial charge in [0.2, 0.25) is 0 Å². The second-order valence-electron chi connectivity index (χ2n) is 9.94. The molecule has 3 aliphatic carbocycles. The van der Waals surface area contributed by atoms with Crippen molar-refractivity contribution in [3.63, 3.8) is 0 Å². The highest BCUT2D eigenvalue weighted by Crippen LogP contribution is 2.64. The fraction of sp³-hybridized carbons (Fsp3) is 0.792. The van der Waals surface area contributed by atoms with Gasteiger partial charge in [0, 0.05) is 25.0 Å². The number of hydrogen-bond donors (Lipinski definition) is 1. The Kier molecular flexibility index (Phi) is 6.75. The van der Waals surface area contributed by atoms with Crippen LogP contribution in [-0.4, -0.2) is 45.0 Å². The number of carbonyl (C=O) groups is 3. The Morgan fingerprint density at radius 1 is 1.27 bits per heavy atom. The Morgan fingerprint density at radius 2 is 2.00 bits per heavy atom. The molecule has 0 heterocycles. The zero-order chi connectivity index (χ0) is 22.1. The van der Waals surface area contributed by atoms with Gasteiger partial charge in [0.1, 0.15) is 12.4 Å². The summed E-state index contributed by atoms with van der Waals surface area (Å²) in [6.07, 6.45) is 6.50. The molecule has 0 saturated heterocycles. The zero-order valence-electron chi connectivity index (χ0n) is 19.1. The van der Waals surface area contributed by atoms with Gasteiger partial charge in [0.15, 0.2) is 0 Å². The van der Waals surface area contributed by atoms with E-state index in [1.165, 1.54) is 7.11 Å². The zero-order valence-corrected chi connectivity index (χ0v) is 19.1. The number of Topliss-reactive ketones (excluding diaryl/α,β-unsaturated/α-hetero) is 1. The average Bonchev–Trinajstić information content (AvgIpc) is 2.71. The van der Waals surface area contributed by atoms with Crippen molar-refractivity contribution in [3.05, 3.63) is 11.6 Å². The van der Waals surface area contributed by atoms with Gasteiger partial charge in [-0.2, -0.15) is 0 Å². The van der Waals surface area contributed by atoms with Crippen molar-refractivity contribution in [1.82, 2.24) is 5.32 Å². The number of ketones is 1. The Balaban J connectivity index is 1.84. The summed E-state index contributed by atoms with van der Waals surface area (Å²) < 4.78 is 10.4. The molecule has 0 spiro atoms. The number of hydrogen-bond acceptors (Lipinski definition) is 6. The Labute approximate surface area is 180 Å². The predicted molar refractivity (Wildman–Crippen MR) is 114 cm³/mol. The van der Waals surface area contributed by atoms with E-state index in [-0.39, 0.29) is 46.8 Å². The first-order chi connectivity index (χ1) is 14.2. The van der Waals surface area contributed by atoms with Crippen molar-refractivity contribution in [2.75, 3.05) is 27.3 Å². The molecule has 168 valence electrons. The van der Waals surface area contributed by atoms with Crippen molar-refractivity contribution < 1.29 is 23.9 Å². The molecule has 0 aliphatic heterocycles. The molecule has 6 atom stereocenters. The van der Waals surface area contributed by atoms with Crippen molar-refractivity contribution in [3.8, 4) is 0 Å². The number of likely N-dealkylation sites (N-methyl/N-ethyl adjacent to an activating group) is 1. The summed E-state index contributed by atoms with van der Waals surface area (Å²) in [5.74, 6) is -0.0772. The summed E-state index contributed by atoms with van der Waals surface area (Å²) in [5.41, 5.74) is 0.360. The van der Waals surface area contributed by atoms with Gasteiger partial charge in [-0.1, -0.05) is 25.8 Å². The molecule has 6 nitrogen and oxygen atoms in total. The molecular weight excluding hydrogens is 382 g/mol. The largest absolute Gasteiger partial charge is 0.469 e. The number of allylic oxidation sites excluding steroid dienone is 1. The Bertz CT molecular complexity index is 731. The van der Waals surface area contributed by atoms with Crippen LogP contribution in [0.4, 0.5) is 0 Å². The lowest BCUT2D eigenvalue weighted by molar-refractivity contribution is -0.178. The Hall–Kier alpha value is -1.69. The van der Waals surface area contributed by atoms with Gasteiger partial charge >= 0.3 is 11.9 Å². The molecule has 3 aliphatic rings. The van der Waals surface area contributed by atoms with E-state index in [2.05, 4.69) is 19.2 Å². The number of methoxy groups -OCH3 is 1. The second kappa shape index (κ2) is 8.81. The van der Waals surface area contributed by atoms with Crippen LogP contribution in [0.1, 0.15) is 59.3 Å². The maximum atomic E-state index is 13.4. The Morgan fingerprint density at radius 3 is 2.67 bits per heavy atom. The van der Waals surface area contributed by atoms with Crippen LogP contribution in [0.15, 0.2) is 11.6 Å². The minimum Gasteiger partial charge on any atom is -0.469 e. The number of esters is 2. The highest BCUT2D eigenvalue weighted by atomic mass is 16.5. The number of nitrogens with one attached hydrogen (secondary N) is 1. The van der Waals surface area contributed by atoms with Crippen LogP contribution in [0.25, 0.3) is 0 Å². The molecule has 0 unspecified atom stereocenters. The van der Waals surface area contributed by atoms with E-state index in [0.29, 0.717) is 19.6 Å². The normalized spacial score (nSPS) is 39.8. The standard InChI is InChI=1S/C24H37NO5/c1-15-16(13-20(27)30-12-11-25-4)7-8-17-21(15)18(26)14-19-23(17,2)9-6-10-24(19,3)22(28)29-5/h13,15,17,19,21,25H,6-12,14H2,1-5H3/t15-,17-,19-,21-,23+,24-/m0/s1. The van der Waals surface area contributed by atoms with Crippen LogP contribution in [0.3, 0.4) is 0 Å². The fourth-order valence-electron chi connectivity index (χ4n) is 6.83. The molecule has 6 heteroatoms. The summed E-state index contributed by atoms with van der Waals surface area (Å²) >= 11 is 0. The summed E-state index contributed by atoms with van der Waals surface area (Å²) in [4.78, 5) is 38.3. The summed E-state index contributed by atoms with van der Waals surface area (Å²) in [5, 5.41) is 2.95. The van der Waals surface area contributed by atoms with E-state index in [4.69, 9.17) is 9.47 Å². The third kappa shape index (κ3) is 3.83. The molecule has 0 aromatic heterocycles. The van der Waals surface area contributed by atoms with E-state index in [1.807, 2.05) is 14.0 Å². The van der Waals surface area contributed by atoms with Crippen LogP contribution in [0.2, 0.25) is 0 Å². The summed E-state index contributed by atoms with van der Waals surface area (Å²) in [7, 11) is 3.26. The quantitative estimate of drug-likeness (QED) is 0.418. The number of carbonyl (C=O) groups excluding carboxylic acids is 3. The smallest absolute Gasteiger partial charge is 0.330 e. The maximum Gasteiger partial charge on any atom is 0.330 e. The van der Waals surface area contributed by atoms with Gasteiger partial charge in [-0.3, -0.25) is 9.59 Å². The predicted octanol–water partition coefficient (Wildman–Crippen LogP) is 3.30. The molecule has 0 bridgehead atoms.